The van der Waals surface area contributed by atoms with E-state index >= 15 is 0 Å². The van der Waals surface area contributed by atoms with Gasteiger partial charge in [0.1, 0.15) is 0 Å². The molecule has 24 heavy (non-hydrogen) atoms. The zero-order chi connectivity index (χ0) is 17.4. The molecule has 130 valence electrons. The number of hydrogen-bond donors (Lipinski definition) is 0. The van der Waals surface area contributed by atoms with Crippen LogP contribution in [0.5, 0.6) is 0 Å². The van der Waals surface area contributed by atoms with Gasteiger partial charge < -0.3 is 0 Å². The van der Waals surface area contributed by atoms with Gasteiger partial charge in [-0.25, -0.2) is 8.78 Å². The van der Waals surface area contributed by atoms with Crippen molar-refractivity contribution in [1.29, 1.82) is 0 Å². The standard InChI is InChI=1S/C22H28F2/c1-3-4-5-6-7-8-9-18-10-12-19(13-11-18)20-14-16-21(17-15-20)22(2,23)24/h10-17H,3-9H2,1-2H3. The molecule has 2 aromatic rings. The third-order valence-electron chi connectivity index (χ3n) is 4.50. The van der Waals surface area contributed by atoms with Crippen molar-refractivity contribution in [2.45, 2.75) is 64.7 Å². The second-order valence-electron chi connectivity index (χ2n) is 6.68. The Morgan fingerprint density at radius 2 is 1.21 bits per heavy atom. The van der Waals surface area contributed by atoms with Crippen LogP contribution >= 0.6 is 0 Å². The Kier molecular flexibility index (Phi) is 6.96. The zero-order valence-electron chi connectivity index (χ0n) is 14.8. The lowest BCUT2D eigenvalue weighted by molar-refractivity contribution is 0.0175. The Morgan fingerprint density at radius 1 is 0.708 bits per heavy atom. The first-order chi connectivity index (χ1) is 11.5. The van der Waals surface area contributed by atoms with Crippen molar-refractivity contribution in [3.63, 3.8) is 0 Å². The molecule has 0 aromatic heterocycles. The van der Waals surface area contributed by atoms with Gasteiger partial charge in [0.15, 0.2) is 0 Å². The van der Waals surface area contributed by atoms with Crippen LogP contribution in [-0.4, -0.2) is 0 Å². The van der Waals surface area contributed by atoms with Crippen LogP contribution in [0.1, 0.15) is 63.5 Å². The maximum Gasteiger partial charge on any atom is 0.270 e. The maximum absolute atomic E-state index is 13.3. The van der Waals surface area contributed by atoms with Crippen LogP contribution in [-0.2, 0) is 12.3 Å². The summed E-state index contributed by atoms with van der Waals surface area (Å²) in [6.45, 7) is 3.17. The van der Waals surface area contributed by atoms with Gasteiger partial charge in [-0.1, -0.05) is 87.6 Å². The molecular formula is C22H28F2. The van der Waals surface area contributed by atoms with Crippen molar-refractivity contribution in [3.8, 4) is 11.1 Å². The summed E-state index contributed by atoms with van der Waals surface area (Å²) in [7, 11) is 0. The summed E-state index contributed by atoms with van der Waals surface area (Å²) >= 11 is 0. The predicted octanol–water partition coefficient (Wildman–Crippen LogP) is 7.37. The van der Waals surface area contributed by atoms with E-state index in [1.54, 1.807) is 12.1 Å². The van der Waals surface area contributed by atoms with Crippen molar-refractivity contribution in [2.75, 3.05) is 0 Å². The Labute approximate surface area is 144 Å². The first-order valence-electron chi connectivity index (χ1n) is 9.08. The summed E-state index contributed by atoms with van der Waals surface area (Å²) < 4.78 is 26.5. The monoisotopic (exact) mass is 330 g/mol. The van der Waals surface area contributed by atoms with Crippen molar-refractivity contribution in [1.82, 2.24) is 0 Å². The SMILES string of the molecule is CCCCCCCCc1ccc(-c2ccc(C(C)(F)F)cc2)cc1. The average Bonchev–Trinajstić information content (AvgIpc) is 2.58. The van der Waals surface area contributed by atoms with Gasteiger partial charge in [0.05, 0.1) is 0 Å². The molecule has 0 N–H and O–H groups in total. The predicted molar refractivity (Wildman–Crippen MR) is 98.5 cm³/mol. The summed E-state index contributed by atoms with van der Waals surface area (Å²) in [5.74, 6) is -2.78. The topological polar surface area (TPSA) is 0 Å². The molecule has 0 aliphatic rings. The molecule has 2 rings (SSSR count). The van der Waals surface area contributed by atoms with Crippen LogP contribution in [0.3, 0.4) is 0 Å². The van der Waals surface area contributed by atoms with Crippen LogP contribution in [0.2, 0.25) is 0 Å². The first-order valence-corrected chi connectivity index (χ1v) is 9.08. The molecule has 0 bridgehead atoms. The van der Waals surface area contributed by atoms with Crippen molar-refractivity contribution in [3.05, 3.63) is 59.7 Å². The van der Waals surface area contributed by atoms with Gasteiger partial charge in [-0.3, -0.25) is 0 Å². The highest BCUT2D eigenvalue weighted by molar-refractivity contribution is 5.64. The van der Waals surface area contributed by atoms with E-state index in [1.807, 2.05) is 0 Å². The number of rotatable bonds is 9. The molecule has 0 aliphatic carbocycles. The number of benzene rings is 2. The van der Waals surface area contributed by atoms with Crippen LogP contribution in [0.25, 0.3) is 11.1 Å². The largest absolute Gasteiger partial charge is 0.270 e. The van der Waals surface area contributed by atoms with Crippen LogP contribution in [0.4, 0.5) is 8.78 Å². The molecule has 0 aliphatic heterocycles. The Morgan fingerprint density at radius 3 is 1.75 bits per heavy atom. The smallest absolute Gasteiger partial charge is 0.202 e. The molecule has 2 aromatic carbocycles. The number of aryl methyl sites for hydroxylation is 1. The lowest BCUT2D eigenvalue weighted by Crippen LogP contribution is -2.06. The third kappa shape index (κ3) is 5.74. The highest BCUT2D eigenvalue weighted by Gasteiger charge is 2.23. The summed E-state index contributed by atoms with van der Waals surface area (Å²) in [6.07, 6.45) is 8.98. The molecule has 0 unspecified atom stereocenters. The van der Waals surface area contributed by atoms with E-state index in [4.69, 9.17) is 0 Å². The Hall–Kier alpha value is -1.70. The van der Waals surface area contributed by atoms with Crippen molar-refractivity contribution >= 4 is 0 Å². The molecule has 0 spiro atoms. The second kappa shape index (κ2) is 8.96. The van der Waals surface area contributed by atoms with Gasteiger partial charge >= 0.3 is 0 Å². The van der Waals surface area contributed by atoms with Crippen LogP contribution in [0.15, 0.2) is 48.5 Å². The quantitative estimate of drug-likeness (QED) is 0.421. The maximum atomic E-state index is 13.3. The van der Waals surface area contributed by atoms with E-state index in [9.17, 15) is 8.78 Å². The fourth-order valence-electron chi connectivity index (χ4n) is 2.93. The molecule has 0 heterocycles. The van der Waals surface area contributed by atoms with Crippen molar-refractivity contribution < 1.29 is 8.78 Å². The lowest BCUT2D eigenvalue weighted by atomic mass is 9.99. The minimum Gasteiger partial charge on any atom is -0.202 e. The molecular weight excluding hydrogens is 302 g/mol. The van der Waals surface area contributed by atoms with Crippen molar-refractivity contribution in [2.24, 2.45) is 0 Å². The zero-order valence-corrected chi connectivity index (χ0v) is 14.8. The number of unbranched alkanes of at least 4 members (excludes halogenated alkanes) is 5. The Balaban J connectivity index is 1.87. The van der Waals surface area contributed by atoms with Gasteiger partial charge in [0.25, 0.3) is 5.92 Å². The van der Waals surface area contributed by atoms with Gasteiger partial charge in [0.2, 0.25) is 0 Å². The average molecular weight is 330 g/mol. The molecule has 0 radical (unpaired) electrons. The van der Waals surface area contributed by atoms with Gasteiger partial charge in [-0.2, -0.15) is 0 Å². The second-order valence-corrected chi connectivity index (χ2v) is 6.68. The fourth-order valence-corrected chi connectivity index (χ4v) is 2.93. The van der Waals surface area contributed by atoms with E-state index in [1.165, 1.54) is 56.2 Å². The highest BCUT2D eigenvalue weighted by Crippen LogP contribution is 2.29. The molecule has 0 fully saturated rings. The summed E-state index contributed by atoms with van der Waals surface area (Å²) in [6, 6.07) is 15.1. The van der Waals surface area contributed by atoms with Crippen LogP contribution in [0, 0.1) is 0 Å². The fraction of sp³-hybridized carbons (Fsp3) is 0.455. The van der Waals surface area contributed by atoms with Gasteiger partial charge in [-0.15, -0.1) is 0 Å². The molecule has 0 atom stereocenters. The normalized spacial score (nSPS) is 11.7. The minimum absolute atomic E-state index is 0.0611. The van der Waals surface area contributed by atoms with E-state index in [2.05, 4.69) is 31.2 Å². The minimum atomic E-state index is -2.78. The van der Waals surface area contributed by atoms with E-state index < -0.39 is 5.92 Å². The van der Waals surface area contributed by atoms with Gasteiger partial charge in [0, 0.05) is 12.5 Å². The third-order valence-corrected chi connectivity index (χ3v) is 4.50. The molecule has 2 heteroatoms. The lowest BCUT2D eigenvalue weighted by Gasteiger charge is -2.11. The number of alkyl halides is 2. The summed E-state index contributed by atoms with van der Waals surface area (Å²) in [5, 5.41) is 0. The molecule has 0 saturated carbocycles. The Bertz CT molecular complexity index is 591. The number of hydrogen-bond acceptors (Lipinski definition) is 0. The molecule has 0 nitrogen and oxygen atoms in total. The van der Waals surface area contributed by atoms with E-state index in [-0.39, 0.29) is 5.56 Å². The molecule has 0 saturated heterocycles. The highest BCUT2D eigenvalue weighted by atomic mass is 19.3. The van der Waals surface area contributed by atoms with Gasteiger partial charge in [-0.05, 0) is 29.5 Å². The molecule has 0 amide bonds. The van der Waals surface area contributed by atoms with E-state index in [0.717, 1.165) is 24.5 Å². The summed E-state index contributed by atoms with van der Waals surface area (Å²) in [5.41, 5.74) is 3.47. The first kappa shape index (κ1) is 18.6. The number of halogens is 2. The summed E-state index contributed by atoms with van der Waals surface area (Å²) in [4.78, 5) is 0. The van der Waals surface area contributed by atoms with Crippen LogP contribution < -0.4 is 0 Å². The van der Waals surface area contributed by atoms with E-state index in [0.29, 0.717) is 0 Å².